The zero-order valence-electron chi connectivity index (χ0n) is 13.8. The molecule has 1 heteroatoms. The maximum Gasteiger partial charge on any atom is 0.137 e. The van der Waals surface area contributed by atoms with Crippen LogP contribution in [0.4, 0.5) is 0 Å². The van der Waals surface area contributed by atoms with Gasteiger partial charge < -0.3 is 0 Å². The quantitative estimate of drug-likeness (QED) is 0.662. The lowest BCUT2D eigenvalue weighted by atomic mass is 9.77. The molecule has 1 aliphatic rings. The summed E-state index contributed by atoms with van der Waals surface area (Å²) in [5, 5.41) is 0. The van der Waals surface area contributed by atoms with Crippen molar-refractivity contribution in [2.75, 3.05) is 0 Å². The number of carbonyl (C=O) groups excluding carboxylic acids is 1. The highest BCUT2D eigenvalue weighted by Gasteiger charge is 2.26. The van der Waals surface area contributed by atoms with Crippen molar-refractivity contribution in [3.63, 3.8) is 0 Å². The van der Waals surface area contributed by atoms with Gasteiger partial charge in [-0.2, -0.15) is 0 Å². The summed E-state index contributed by atoms with van der Waals surface area (Å²) in [5.41, 5.74) is 4.96. The fraction of sp³-hybridized carbons (Fsp3) is 0.350. The monoisotopic (exact) mass is 282 g/mol. The smallest absolute Gasteiger partial charge is 0.137 e. The lowest BCUT2D eigenvalue weighted by molar-refractivity contribution is -0.118. The first-order valence-corrected chi connectivity index (χ1v) is 7.95. The Morgan fingerprint density at radius 3 is 2.00 bits per heavy atom. The molecule has 1 nitrogen and oxygen atoms in total. The summed E-state index contributed by atoms with van der Waals surface area (Å²) in [6.07, 6.45) is 0.836. The number of ketones is 1. The van der Waals surface area contributed by atoms with Gasteiger partial charge in [-0.15, -0.1) is 0 Å². The van der Waals surface area contributed by atoms with E-state index in [-0.39, 0.29) is 11.7 Å². The molecular formula is C20H26O. The minimum absolute atomic E-state index is 0.0288. The molecule has 0 aliphatic heterocycles. The molecule has 2 aromatic carbocycles. The van der Waals surface area contributed by atoms with Crippen LogP contribution in [0.25, 0.3) is 11.1 Å². The Hall–Kier alpha value is -1.89. The van der Waals surface area contributed by atoms with E-state index in [0.29, 0.717) is 0 Å². The Morgan fingerprint density at radius 2 is 1.38 bits per heavy atom. The van der Waals surface area contributed by atoms with Crippen molar-refractivity contribution >= 4 is 5.78 Å². The number of Topliss-reactive ketones (excluding diaryl/α,β-unsaturated/α-hetero) is 1. The minimum Gasteiger partial charge on any atom is -0.299 e. The van der Waals surface area contributed by atoms with Gasteiger partial charge in [-0.1, -0.05) is 76.2 Å². The summed E-state index contributed by atoms with van der Waals surface area (Å²) in [6.45, 7) is 9.69. The number of hydrogen-bond acceptors (Lipinski definition) is 1. The van der Waals surface area contributed by atoms with Gasteiger partial charge in [0.2, 0.25) is 0 Å². The molecule has 0 fully saturated rings. The molecule has 0 saturated heterocycles. The highest BCUT2D eigenvalue weighted by Crippen LogP contribution is 2.39. The predicted octanol–water partition coefficient (Wildman–Crippen LogP) is 5.63. The van der Waals surface area contributed by atoms with Gasteiger partial charge >= 0.3 is 0 Å². The van der Waals surface area contributed by atoms with E-state index in [4.69, 9.17) is 0 Å². The van der Waals surface area contributed by atoms with Crippen LogP contribution in [0.3, 0.4) is 0 Å². The van der Waals surface area contributed by atoms with Crippen LogP contribution in [0.2, 0.25) is 0 Å². The Balaban J connectivity index is 0.000000510. The second-order valence-electron chi connectivity index (χ2n) is 4.61. The van der Waals surface area contributed by atoms with Crippen molar-refractivity contribution < 1.29 is 4.79 Å². The van der Waals surface area contributed by atoms with E-state index in [2.05, 4.69) is 30.3 Å². The van der Waals surface area contributed by atoms with Crippen molar-refractivity contribution in [3.05, 3.63) is 59.7 Å². The molecule has 0 bridgehead atoms. The summed E-state index contributed by atoms with van der Waals surface area (Å²) in [5.74, 6) is 0.285. The van der Waals surface area contributed by atoms with Crippen molar-refractivity contribution in [2.24, 2.45) is 0 Å². The van der Waals surface area contributed by atoms with E-state index in [1.165, 1.54) is 22.3 Å². The van der Waals surface area contributed by atoms with Gasteiger partial charge in [0.1, 0.15) is 5.78 Å². The van der Waals surface area contributed by atoms with Crippen LogP contribution < -0.4 is 0 Å². The van der Waals surface area contributed by atoms with Gasteiger partial charge in [0.05, 0.1) is 0 Å². The number of benzene rings is 2. The van der Waals surface area contributed by atoms with Gasteiger partial charge in [-0.25, -0.2) is 0 Å². The van der Waals surface area contributed by atoms with Crippen LogP contribution in [0.5, 0.6) is 0 Å². The third-order valence-electron chi connectivity index (χ3n) is 3.56. The van der Waals surface area contributed by atoms with Crippen LogP contribution >= 0.6 is 0 Å². The molecule has 1 aliphatic carbocycles. The first-order chi connectivity index (χ1) is 10.3. The van der Waals surface area contributed by atoms with Gasteiger partial charge in [0.25, 0.3) is 0 Å². The molecule has 0 aromatic heterocycles. The predicted molar refractivity (Wildman–Crippen MR) is 91.7 cm³/mol. The van der Waals surface area contributed by atoms with E-state index in [1.54, 1.807) is 6.92 Å². The Bertz CT molecular complexity index is 584. The zero-order chi connectivity index (χ0) is 15.8. The number of carbonyl (C=O) groups is 1. The van der Waals surface area contributed by atoms with Crippen molar-refractivity contribution in [1.29, 1.82) is 0 Å². The third-order valence-corrected chi connectivity index (χ3v) is 3.56. The molecule has 0 spiro atoms. The highest BCUT2D eigenvalue weighted by molar-refractivity contribution is 5.89. The van der Waals surface area contributed by atoms with Gasteiger partial charge in [0.15, 0.2) is 0 Å². The van der Waals surface area contributed by atoms with Crippen molar-refractivity contribution in [2.45, 2.75) is 47.0 Å². The molecule has 2 aromatic rings. The molecule has 112 valence electrons. The summed E-state index contributed by atoms with van der Waals surface area (Å²) < 4.78 is 0. The summed E-state index contributed by atoms with van der Waals surface area (Å²) >= 11 is 0. The lowest BCUT2D eigenvalue weighted by Gasteiger charge is -2.26. The first-order valence-electron chi connectivity index (χ1n) is 7.95. The SMILES string of the molecule is CC.CC.CC(=O)C1Cc2ccccc2-c2ccccc21. The first kappa shape index (κ1) is 17.2. The van der Waals surface area contributed by atoms with Crippen LogP contribution in [0.1, 0.15) is 51.7 Å². The molecular weight excluding hydrogens is 256 g/mol. The molecule has 0 saturated carbocycles. The molecule has 0 N–H and O–H groups in total. The van der Waals surface area contributed by atoms with Crippen LogP contribution in [-0.4, -0.2) is 5.78 Å². The second-order valence-corrected chi connectivity index (χ2v) is 4.61. The van der Waals surface area contributed by atoms with Gasteiger partial charge in [0, 0.05) is 5.92 Å². The molecule has 3 rings (SSSR count). The fourth-order valence-corrected chi connectivity index (χ4v) is 2.70. The molecule has 0 heterocycles. The summed E-state index contributed by atoms with van der Waals surface area (Å²) in [7, 11) is 0. The minimum atomic E-state index is 0.0288. The van der Waals surface area contributed by atoms with E-state index in [9.17, 15) is 4.79 Å². The summed E-state index contributed by atoms with van der Waals surface area (Å²) in [6, 6.07) is 16.6. The lowest BCUT2D eigenvalue weighted by Crippen LogP contribution is -2.17. The van der Waals surface area contributed by atoms with E-state index < -0.39 is 0 Å². The van der Waals surface area contributed by atoms with E-state index >= 15 is 0 Å². The maximum absolute atomic E-state index is 11.8. The van der Waals surface area contributed by atoms with Crippen molar-refractivity contribution in [3.8, 4) is 11.1 Å². The van der Waals surface area contributed by atoms with Gasteiger partial charge in [-0.05, 0) is 35.6 Å². The number of hydrogen-bond donors (Lipinski definition) is 0. The third kappa shape index (κ3) is 3.60. The second kappa shape index (κ2) is 8.41. The molecule has 1 unspecified atom stereocenters. The molecule has 0 radical (unpaired) electrons. The standard InChI is InChI=1S/C16H14O.2C2H6/c1-11(17)16-10-12-6-2-3-7-13(12)14-8-4-5-9-15(14)16;2*1-2/h2-9,16H,10H2,1H3;2*1-2H3. The summed E-state index contributed by atoms with van der Waals surface area (Å²) in [4.78, 5) is 11.8. The molecule has 21 heavy (non-hydrogen) atoms. The largest absolute Gasteiger partial charge is 0.299 e. The number of rotatable bonds is 1. The molecule has 0 amide bonds. The Morgan fingerprint density at radius 1 is 0.857 bits per heavy atom. The topological polar surface area (TPSA) is 17.1 Å². The highest BCUT2D eigenvalue weighted by atomic mass is 16.1. The maximum atomic E-state index is 11.8. The Kier molecular flexibility index (Phi) is 6.87. The average molecular weight is 282 g/mol. The molecule has 1 atom stereocenters. The van der Waals surface area contributed by atoms with Crippen LogP contribution in [0, 0.1) is 0 Å². The average Bonchev–Trinajstić information content (AvgIpc) is 2.57. The van der Waals surface area contributed by atoms with Crippen LogP contribution in [-0.2, 0) is 11.2 Å². The van der Waals surface area contributed by atoms with Crippen molar-refractivity contribution in [1.82, 2.24) is 0 Å². The fourth-order valence-electron chi connectivity index (χ4n) is 2.70. The van der Waals surface area contributed by atoms with E-state index in [1.807, 2.05) is 45.9 Å². The Labute approximate surface area is 129 Å². The van der Waals surface area contributed by atoms with Crippen LogP contribution in [0.15, 0.2) is 48.5 Å². The normalized spacial score (nSPS) is 14.4. The van der Waals surface area contributed by atoms with Gasteiger partial charge in [-0.3, -0.25) is 4.79 Å². The van der Waals surface area contributed by atoms with E-state index in [0.717, 1.165) is 6.42 Å². The number of fused-ring (bicyclic) bond motifs is 3. The zero-order valence-corrected chi connectivity index (χ0v) is 13.8.